The van der Waals surface area contributed by atoms with Crippen LogP contribution in [0.25, 0.3) is 0 Å². The lowest BCUT2D eigenvalue weighted by atomic mass is 10.2. The number of aryl methyl sites for hydroxylation is 1. The van der Waals surface area contributed by atoms with Crippen molar-refractivity contribution in [2.24, 2.45) is 0 Å². The Labute approximate surface area is 99.5 Å². The second-order valence-electron chi connectivity index (χ2n) is 3.89. The highest BCUT2D eigenvalue weighted by Gasteiger charge is 2.12. The lowest BCUT2D eigenvalue weighted by molar-refractivity contribution is 0.0781. The molecule has 1 amide bonds. The maximum absolute atomic E-state index is 12.0. The van der Waals surface area contributed by atoms with Gasteiger partial charge in [0.1, 0.15) is 5.82 Å². The molecule has 0 saturated carbocycles. The smallest absolute Gasteiger partial charge is 0.255 e. The van der Waals surface area contributed by atoms with Crippen LogP contribution in [0, 0.1) is 6.92 Å². The quantitative estimate of drug-likeness (QED) is 0.866. The molecule has 0 fully saturated rings. The number of hydrogen-bond donors (Lipinski definition) is 1. The number of nitrogens with one attached hydrogen (secondary N) is 1. The Kier molecular flexibility index (Phi) is 3.18. The van der Waals surface area contributed by atoms with E-state index < -0.39 is 0 Å². The van der Waals surface area contributed by atoms with E-state index in [0.717, 1.165) is 11.5 Å². The van der Waals surface area contributed by atoms with Gasteiger partial charge < -0.3 is 9.88 Å². The number of rotatable bonds is 3. The average molecular weight is 230 g/mol. The first-order chi connectivity index (χ1) is 8.16. The number of H-pyrrole nitrogens is 1. The molecule has 0 spiro atoms. The van der Waals surface area contributed by atoms with E-state index in [1.807, 2.05) is 13.0 Å². The second kappa shape index (κ2) is 4.78. The summed E-state index contributed by atoms with van der Waals surface area (Å²) < 4.78 is 0. The van der Waals surface area contributed by atoms with E-state index in [4.69, 9.17) is 0 Å². The predicted octanol–water partition coefficient (Wildman–Crippen LogP) is 1.39. The molecule has 0 aromatic carbocycles. The van der Waals surface area contributed by atoms with Crippen molar-refractivity contribution in [1.29, 1.82) is 0 Å². The van der Waals surface area contributed by atoms with Crippen molar-refractivity contribution < 1.29 is 4.79 Å². The number of amides is 1. The summed E-state index contributed by atoms with van der Waals surface area (Å²) in [4.78, 5) is 24.8. The lowest BCUT2D eigenvalue weighted by Crippen LogP contribution is -2.26. The maximum atomic E-state index is 12.0. The van der Waals surface area contributed by atoms with E-state index in [2.05, 4.69) is 15.0 Å². The molecule has 2 heterocycles. The van der Waals surface area contributed by atoms with Crippen LogP contribution in [0.5, 0.6) is 0 Å². The summed E-state index contributed by atoms with van der Waals surface area (Å²) in [5.41, 5.74) is 1.49. The van der Waals surface area contributed by atoms with Gasteiger partial charge in [-0.3, -0.25) is 9.78 Å². The maximum Gasteiger partial charge on any atom is 0.255 e. The average Bonchev–Trinajstić information content (AvgIpc) is 2.82. The number of pyridine rings is 1. The van der Waals surface area contributed by atoms with Crippen LogP contribution >= 0.6 is 0 Å². The number of imidazole rings is 1. The van der Waals surface area contributed by atoms with Crippen molar-refractivity contribution in [3.05, 3.63) is 47.8 Å². The fraction of sp³-hybridized carbons (Fsp3) is 0.250. The van der Waals surface area contributed by atoms with E-state index in [-0.39, 0.29) is 5.91 Å². The topological polar surface area (TPSA) is 61.9 Å². The molecule has 17 heavy (non-hydrogen) atoms. The highest BCUT2D eigenvalue weighted by Crippen LogP contribution is 2.05. The molecule has 0 saturated heterocycles. The molecule has 5 heteroatoms. The van der Waals surface area contributed by atoms with Gasteiger partial charge in [-0.2, -0.15) is 0 Å². The highest BCUT2D eigenvalue weighted by molar-refractivity contribution is 5.93. The molecular formula is C12H14N4O. The van der Waals surface area contributed by atoms with Crippen LogP contribution in [-0.2, 0) is 6.54 Å². The van der Waals surface area contributed by atoms with Crippen LogP contribution in [-0.4, -0.2) is 32.8 Å². The van der Waals surface area contributed by atoms with Crippen molar-refractivity contribution in [2.45, 2.75) is 13.5 Å². The van der Waals surface area contributed by atoms with Crippen LogP contribution in [0.1, 0.15) is 21.9 Å². The fourth-order valence-corrected chi connectivity index (χ4v) is 1.50. The third-order valence-corrected chi connectivity index (χ3v) is 2.45. The predicted molar refractivity (Wildman–Crippen MR) is 63.4 cm³/mol. The first-order valence-corrected chi connectivity index (χ1v) is 5.33. The first kappa shape index (κ1) is 11.3. The van der Waals surface area contributed by atoms with Gasteiger partial charge in [-0.05, 0) is 19.1 Å². The van der Waals surface area contributed by atoms with Crippen molar-refractivity contribution >= 4 is 5.91 Å². The first-order valence-electron chi connectivity index (χ1n) is 5.33. The van der Waals surface area contributed by atoms with Gasteiger partial charge in [-0.15, -0.1) is 0 Å². The zero-order valence-electron chi connectivity index (χ0n) is 9.84. The van der Waals surface area contributed by atoms with E-state index in [0.29, 0.717) is 12.1 Å². The van der Waals surface area contributed by atoms with Crippen molar-refractivity contribution in [3.63, 3.8) is 0 Å². The molecule has 0 radical (unpaired) electrons. The summed E-state index contributed by atoms with van der Waals surface area (Å²) in [5.74, 6) is 0.704. The van der Waals surface area contributed by atoms with Gasteiger partial charge in [0.05, 0.1) is 12.1 Å². The standard InChI is InChI=1S/C12H14N4O/c1-9-3-4-10(7-15-9)12(17)16(2)8-11-13-5-6-14-11/h3-7H,8H2,1-2H3,(H,13,14). The summed E-state index contributed by atoms with van der Waals surface area (Å²) in [6, 6.07) is 3.61. The Morgan fingerprint density at radius 3 is 2.82 bits per heavy atom. The van der Waals surface area contributed by atoms with Crippen LogP contribution in [0.2, 0.25) is 0 Å². The largest absolute Gasteiger partial charge is 0.347 e. The zero-order valence-corrected chi connectivity index (χ0v) is 9.84. The minimum Gasteiger partial charge on any atom is -0.347 e. The Morgan fingerprint density at radius 2 is 2.24 bits per heavy atom. The minimum atomic E-state index is -0.0612. The molecule has 0 unspecified atom stereocenters. The molecule has 88 valence electrons. The minimum absolute atomic E-state index is 0.0612. The number of aromatic nitrogens is 3. The van der Waals surface area contributed by atoms with Crippen molar-refractivity contribution in [2.75, 3.05) is 7.05 Å². The molecule has 2 aromatic rings. The molecule has 1 N–H and O–H groups in total. The summed E-state index contributed by atoms with van der Waals surface area (Å²) in [6.45, 7) is 2.35. The van der Waals surface area contributed by atoms with Gasteiger partial charge in [0, 0.05) is 31.3 Å². The van der Waals surface area contributed by atoms with Gasteiger partial charge in [0.15, 0.2) is 0 Å². The van der Waals surface area contributed by atoms with Crippen LogP contribution in [0.3, 0.4) is 0 Å². The molecule has 2 aromatic heterocycles. The molecule has 2 rings (SSSR count). The number of aromatic amines is 1. The van der Waals surface area contributed by atoms with Gasteiger partial charge >= 0.3 is 0 Å². The van der Waals surface area contributed by atoms with E-state index in [9.17, 15) is 4.79 Å². The Balaban J connectivity index is 2.07. The normalized spacial score (nSPS) is 10.2. The molecular weight excluding hydrogens is 216 g/mol. The molecule has 0 aliphatic carbocycles. The second-order valence-corrected chi connectivity index (χ2v) is 3.89. The zero-order chi connectivity index (χ0) is 12.3. The Hall–Kier alpha value is -2.17. The van der Waals surface area contributed by atoms with E-state index >= 15 is 0 Å². The molecule has 5 nitrogen and oxygen atoms in total. The Bertz CT molecular complexity index is 490. The van der Waals surface area contributed by atoms with Crippen LogP contribution in [0.15, 0.2) is 30.7 Å². The third kappa shape index (κ3) is 2.69. The van der Waals surface area contributed by atoms with E-state index in [1.165, 1.54) is 0 Å². The van der Waals surface area contributed by atoms with E-state index in [1.54, 1.807) is 36.6 Å². The summed E-state index contributed by atoms with van der Waals surface area (Å²) in [6.07, 6.45) is 5.00. The lowest BCUT2D eigenvalue weighted by Gasteiger charge is -2.15. The number of carbonyl (C=O) groups is 1. The van der Waals surface area contributed by atoms with Gasteiger partial charge in [0.25, 0.3) is 5.91 Å². The highest BCUT2D eigenvalue weighted by atomic mass is 16.2. The fourth-order valence-electron chi connectivity index (χ4n) is 1.50. The number of carbonyl (C=O) groups excluding carboxylic acids is 1. The summed E-state index contributed by atoms with van der Waals surface area (Å²) in [5, 5.41) is 0. The number of nitrogens with zero attached hydrogens (tertiary/aromatic N) is 3. The van der Waals surface area contributed by atoms with Crippen LogP contribution < -0.4 is 0 Å². The van der Waals surface area contributed by atoms with Gasteiger partial charge in [-0.1, -0.05) is 0 Å². The van der Waals surface area contributed by atoms with Gasteiger partial charge in [0.2, 0.25) is 0 Å². The summed E-state index contributed by atoms with van der Waals surface area (Å²) >= 11 is 0. The molecule has 0 bridgehead atoms. The summed E-state index contributed by atoms with van der Waals surface area (Å²) in [7, 11) is 1.74. The van der Waals surface area contributed by atoms with Crippen LogP contribution in [0.4, 0.5) is 0 Å². The van der Waals surface area contributed by atoms with Gasteiger partial charge in [-0.25, -0.2) is 4.98 Å². The van der Waals surface area contributed by atoms with Crippen molar-refractivity contribution in [3.8, 4) is 0 Å². The van der Waals surface area contributed by atoms with Crippen molar-refractivity contribution in [1.82, 2.24) is 19.9 Å². The third-order valence-electron chi connectivity index (χ3n) is 2.45. The Morgan fingerprint density at radius 1 is 1.41 bits per heavy atom. The molecule has 0 aliphatic rings. The SMILES string of the molecule is Cc1ccc(C(=O)N(C)Cc2ncc[nH]2)cn1. The monoisotopic (exact) mass is 230 g/mol. The molecule has 0 atom stereocenters. The number of hydrogen-bond acceptors (Lipinski definition) is 3. The molecule has 0 aliphatic heterocycles.